The average molecular weight is 463 g/mol. The standard InChI is InChI=1S/C21H34N4O.C2H4O.2C2H6/c1-16(2)20-22-12-18(13-23-20)24-8-9-25(19(14-24)15-26)17-10-21(11-17)6-4-3-5-7-21;1-2-3;2*1-2/h12-13,16-17,19,26H,3-11,14-15H2,1-2H3;2H,1H3;2*1-2H3. The van der Waals surface area contributed by atoms with Crippen molar-refractivity contribution in [1.82, 2.24) is 14.9 Å². The minimum absolute atomic E-state index is 0.236. The lowest BCUT2D eigenvalue weighted by atomic mass is 9.58. The summed E-state index contributed by atoms with van der Waals surface area (Å²) < 4.78 is 0. The summed E-state index contributed by atoms with van der Waals surface area (Å²) in [5.41, 5.74) is 1.74. The fraction of sp³-hybridized carbons (Fsp3) is 0.815. The maximum atomic E-state index is 10.0. The van der Waals surface area contributed by atoms with Crippen LogP contribution in [0, 0.1) is 5.41 Å². The number of aliphatic hydroxyl groups is 1. The van der Waals surface area contributed by atoms with Crippen molar-refractivity contribution in [1.29, 1.82) is 0 Å². The number of anilines is 1. The van der Waals surface area contributed by atoms with Crippen molar-refractivity contribution < 1.29 is 9.90 Å². The van der Waals surface area contributed by atoms with Gasteiger partial charge in [0.2, 0.25) is 0 Å². The molecule has 2 heterocycles. The zero-order valence-corrected chi connectivity index (χ0v) is 22.4. The number of nitrogens with zero attached hydrogens (tertiary/aromatic N) is 4. The van der Waals surface area contributed by atoms with Crippen LogP contribution in [0.5, 0.6) is 0 Å². The highest BCUT2D eigenvalue weighted by Gasteiger charge is 2.48. The Labute approximate surface area is 203 Å². The fourth-order valence-corrected chi connectivity index (χ4v) is 5.42. The molecule has 1 saturated heterocycles. The minimum Gasteiger partial charge on any atom is -0.395 e. The zero-order valence-electron chi connectivity index (χ0n) is 22.4. The molecule has 6 heteroatoms. The number of hydrogen-bond acceptors (Lipinski definition) is 6. The third kappa shape index (κ3) is 8.03. The first-order valence-corrected chi connectivity index (χ1v) is 13.3. The van der Waals surface area contributed by atoms with Crippen LogP contribution < -0.4 is 4.90 Å². The molecule has 4 rings (SSSR count). The maximum Gasteiger partial charge on any atom is 0.130 e. The van der Waals surface area contributed by atoms with Crippen LogP contribution in [0.1, 0.15) is 105 Å². The molecule has 1 atom stereocenters. The number of aliphatic hydroxyl groups excluding tert-OH is 1. The molecule has 6 nitrogen and oxygen atoms in total. The van der Waals surface area contributed by atoms with E-state index in [1.54, 1.807) is 0 Å². The molecular formula is C27H50N4O2. The molecule has 3 fully saturated rings. The Morgan fingerprint density at radius 1 is 1.06 bits per heavy atom. The maximum absolute atomic E-state index is 10.0. The first kappa shape index (κ1) is 29.5. The van der Waals surface area contributed by atoms with Crippen molar-refractivity contribution >= 4 is 12.0 Å². The quantitative estimate of drug-likeness (QED) is 0.600. The smallest absolute Gasteiger partial charge is 0.130 e. The van der Waals surface area contributed by atoms with Crippen LogP contribution in [0.15, 0.2) is 12.4 Å². The van der Waals surface area contributed by atoms with E-state index in [4.69, 9.17) is 4.79 Å². The van der Waals surface area contributed by atoms with Crippen LogP contribution in [0.3, 0.4) is 0 Å². The van der Waals surface area contributed by atoms with E-state index in [9.17, 15) is 5.11 Å². The summed E-state index contributed by atoms with van der Waals surface area (Å²) in [5.74, 6) is 1.26. The van der Waals surface area contributed by atoms with Crippen LogP contribution in [0.4, 0.5) is 5.69 Å². The predicted molar refractivity (Wildman–Crippen MR) is 139 cm³/mol. The Kier molecular flexibility index (Phi) is 13.8. The summed E-state index contributed by atoms with van der Waals surface area (Å²) in [6.45, 7) is 16.8. The molecule has 1 aromatic heterocycles. The van der Waals surface area contributed by atoms with Crippen LogP contribution in [-0.2, 0) is 4.79 Å². The summed E-state index contributed by atoms with van der Waals surface area (Å²) in [6.07, 6.45) is 14.5. The summed E-state index contributed by atoms with van der Waals surface area (Å²) in [4.78, 5) is 22.8. The van der Waals surface area contributed by atoms with E-state index in [-0.39, 0.29) is 12.6 Å². The Hall–Kier alpha value is -1.53. The Morgan fingerprint density at radius 2 is 1.61 bits per heavy atom. The molecule has 1 spiro atoms. The second kappa shape index (κ2) is 15.4. The van der Waals surface area contributed by atoms with Gasteiger partial charge in [0.1, 0.15) is 12.1 Å². The Bertz CT molecular complexity index is 636. The molecule has 1 unspecified atom stereocenters. The highest BCUT2D eigenvalue weighted by molar-refractivity contribution is 5.44. The van der Waals surface area contributed by atoms with E-state index in [1.807, 2.05) is 40.1 Å². The predicted octanol–water partition coefficient (Wildman–Crippen LogP) is 5.45. The van der Waals surface area contributed by atoms with Gasteiger partial charge in [0.25, 0.3) is 0 Å². The van der Waals surface area contributed by atoms with Gasteiger partial charge in [0.05, 0.1) is 30.7 Å². The number of hydrogen-bond donors (Lipinski definition) is 1. The highest BCUT2D eigenvalue weighted by Crippen LogP contribution is 2.53. The SMILES string of the molecule is CC.CC.CC(C)c1ncc(N2CCN(C3CC4(CCCCC4)C3)C(CO)C2)cn1.CC=O. The zero-order chi connectivity index (χ0) is 24.9. The number of aromatic nitrogens is 2. The third-order valence-corrected chi connectivity index (χ3v) is 7.00. The van der Waals surface area contributed by atoms with E-state index in [0.29, 0.717) is 17.4 Å². The lowest BCUT2D eigenvalue weighted by Crippen LogP contribution is -2.62. The van der Waals surface area contributed by atoms with Crippen molar-refractivity contribution in [2.45, 2.75) is 111 Å². The molecule has 2 aliphatic carbocycles. The third-order valence-electron chi connectivity index (χ3n) is 7.00. The van der Waals surface area contributed by atoms with E-state index in [0.717, 1.165) is 37.4 Å². The molecule has 2 saturated carbocycles. The molecule has 0 radical (unpaired) electrons. The number of piperazine rings is 1. The summed E-state index contributed by atoms with van der Waals surface area (Å²) in [7, 11) is 0. The molecule has 1 N–H and O–H groups in total. The molecule has 0 aromatic carbocycles. The van der Waals surface area contributed by atoms with E-state index in [1.165, 1.54) is 51.9 Å². The molecule has 190 valence electrons. The van der Waals surface area contributed by atoms with Gasteiger partial charge in [-0.15, -0.1) is 0 Å². The summed E-state index contributed by atoms with van der Waals surface area (Å²) in [6, 6.07) is 0.923. The van der Waals surface area contributed by atoms with Crippen LogP contribution in [-0.4, -0.2) is 64.6 Å². The summed E-state index contributed by atoms with van der Waals surface area (Å²) >= 11 is 0. The van der Waals surface area contributed by atoms with Crippen molar-refractivity contribution in [2.75, 3.05) is 31.1 Å². The summed E-state index contributed by atoms with van der Waals surface area (Å²) in [5, 5.41) is 10.0. The second-order valence-electron chi connectivity index (χ2n) is 9.33. The van der Waals surface area contributed by atoms with Crippen molar-refractivity contribution in [3.63, 3.8) is 0 Å². The van der Waals surface area contributed by atoms with Crippen molar-refractivity contribution in [2.24, 2.45) is 5.41 Å². The number of aldehydes is 1. The highest BCUT2D eigenvalue weighted by atomic mass is 16.3. The molecule has 0 amide bonds. The van der Waals surface area contributed by atoms with Gasteiger partial charge in [0, 0.05) is 31.6 Å². The molecule has 3 aliphatic rings. The van der Waals surface area contributed by atoms with Gasteiger partial charge in [-0.05, 0) is 38.0 Å². The fourth-order valence-electron chi connectivity index (χ4n) is 5.42. The van der Waals surface area contributed by atoms with E-state index in [2.05, 4.69) is 33.6 Å². The Morgan fingerprint density at radius 3 is 2.09 bits per heavy atom. The monoisotopic (exact) mass is 462 g/mol. The normalized spacial score (nSPS) is 22.1. The van der Waals surface area contributed by atoms with Gasteiger partial charge in [-0.2, -0.15) is 0 Å². The van der Waals surface area contributed by atoms with Crippen LogP contribution in [0.2, 0.25) is 0 Å². The lowest BCUT2D eigenvalue weighted by molar-refractivity contribution is -0.106. The largest absolute Gasteiger partial charge is 0.395 e. The van der Waals surface area contributed by atoms with Gasteiger partial charge in [0.15, 0.2) is 0 Å². The molecule has 0 bridgehead atoms. The number of rotatable bonds is 4. The van der Waals surface area contributed by atoms with Gasteiger partial charge < -0.3 is 14.8 Å². The number of carbonyl (C=O) groups excluding carboxylic acids is 1. The van der Waals surface area contributed by atoms with Crippen LogP contribution >= 0.6 is 0 Å². The number of carbonyl (C=O) groups is 1. The molecule has 33 heavy (non-hydrogen) atoms. The lowest BCUT2D eigenvalue weighted by Gasteiger charge is -2.57. The second-order valence-corrected chi connectivity index (χ2v) is 9.33. The van der Waals surface area contributed by atoms with Gasteiger partial charge in [-0.3, -0.25) is 4.90 Å². The van der Waals surface area contributed by atoms with Gasteiger partial charge in [-0.25, -0.2) is 9.97 Å². The molecule has 1 aliphatic heterocycles. The first-order valence-electron chi connectivity index (χ1n) is 13.3. The van der Waals surface area contributed by atoms with Gasteiger partial charge in [-0.1, -0.05) is 60.8 Å². The topological polar surface area (TPSA) is 69.6 Å². The molecule has 1 aromatic rings. The molecular weight excluding hydrogens is 412 g/mol. The van der Waals surface area contributed by atoms with Crippen molar-refractivity contribution in [3.8, 4) is 0 Å². The van der Waals surface area contributed by atoms with Gasteiger partial charge >= 0.3 is 0 Å². The Balaban J connectivity index is 0.000000705. The first-order chi connectivity index (χ1) is 16.0. The van der Waals surface area contributed by atoms with E-state index >= 15 is 0 Å². The van der Waals surface area contributed by atoms with Crippen LogP contribution in [0.25, 0.3) is 0 Å². The van der Waals surface area contributed by atoms with Crippen molar-refractivity contribution in [3.05, 3.63) is 18.2 Å². The minimum atomic E-state index is 0.236. The average Bonchev–Trinajstić information content (AvgIpc) is 2.85. The van der Waals surface area contributed by atoms with E-state index < -0.39 is 0 Å².